The van der Waals surface area contributed by atoms with Crippen molar-refractivity contribution in [3.63, 3.8) is 0 Å². The molecular weight excluding hydrogens is 1510 g/mol. The van der Waals surface area contributed by atoms with Crippen LogP contribution in [0.4, 0.5) is 39.5 Å². The van der Waals surface area contributed by atoms with Crippen LogP contribution in [0.1, 0.15) is 223 Å². The molecule has 6 amide bonds. The number of aromatic nitrogens is 1. The summed E-state index contributed by atoms with van der Waals surface area (Å²) in [6, 6.07) is 55.5. The van der Waals surface area contributed by atoms with Crippen LogP contribution in [0.5, 0.6) is 0 Å². The molecule has 23 heteroatoms. The molecule has 0 atom stereocenters. The van der Waals surface area contributed by atoms with E-state index >= 15 is 0 Å². The molecular formula is C94H99F9N8O6. The smallest absolute Gasteiger partial charge is 0.350 e. The molecule has 0 unspecified atom stereocenters. The molecule has 0 fully saturated rings. The van der Waals surface area contributed by atoms with Gasteiger partial charge in [0, 0.05) is 97.1 Å². The van der Waals surface area contributed by atoms with Crippen LogP contribution >= 0.6 is 0 Å². The van der Waals surface area contributed by atoms with Crippen molar-refractivity contribution < 1.29 is 68.3 Å². The number of nitrogens with one attached hydrogen (secondary N) is 6. The van der Waals surface area contributed by atoms with Gasteiger partial charge in [0.25, 0.3) is 17.7 Å². The molecule has 9 aromatic rings. The first-order chi connectivity index (χ1) is 54.4. The Kier molecular flexibility index (Phi) is 25.3. The standard InChI is InChI=1S/C33H37F3N2O2.C32H36F3N3O2.C29H26F3N3O2/c1-30(2,3)26-15-24(16-27(17-26)31(4,5)6)28(39)38-32(18-22-11-7-8-12-23(22)19-32)29(40)37-20-21-10-9-13-25(14-21)33(34,35)36;1-29(2,3)25-15-23(16-26(37-25)30(4,5)6)27(39)38-31(17-21-11-7-8-12-22(21)18-31)28(40)36-19-20-10-9-13-24(14-20)32(33,34)35;1-27(2,18-33)23-12-10-20(11-13-23)25(36)35-28(15-21-7-3-4-8-22(21)16-28)26(37)34-17-19-6-5-9-24(14-19)29(30,31)32/h7-17H,18-20H2,1-6H3,(H,37,40)(H,38,39);7-16H,17-19H2,1-6H3,(H,36,40)(H,38,39);3-14H,15-17H2,1-2H3,(H,34,37)(H,35,36). The summed E-state index contributed by atoms with van der Waals surface area (Å²) in [6.07, 6.45) is -11.8. The van der Waals surface area contributed by atoms with Crippen LogP contribution in [-0.4, -0.2) is 57.0 Å². The van der Waals surface area contributed by atoms with E-state index in [0.717, 1.165) is 97.9 Å². The predicted octanol–water partition coefficient (Wildman–Crippen LogP) is 18.3. The number of carbonyl (C=O) groups is 6. The average Bonchev–Trinajstić information content (AvgIpc) is 1.64. The van der Waals surface area contributed by atoms with Gasteiger partial charge < -0.3 is 31.9 Å². The van der Waals surface area contributed by atoms with Crippen molar-refractivity contribution >= 4 is 35.4 Å². The fourth-order valence-electron chi connectivity index (χ4n) is 14.4. The Balaban J connectivity index is 0.000000185. The molecule has 117 heavy (non-hydrogen) atoms. The largest absolute Gasteiger partial charge is 0.416 e. The van der Waals surface area contributed by atoms with Crippen molar-refractivity contribution in [3.05, 3.63) is 312 Å². The van der Waals surface area contributed by atoms with Crippen molar-refractivity contribution in [1.82, 2.24) is 36.9 Å². The molecule has 8 aromatic carbocycles. The zero-order valence-corrected chi connectivity index (χ0v) is 68.2. The number of nitrogens with zero attached hydrogens (tertiary/aromatic N) is 2. The number of fused-ring (bicyclic) bond motifs is 3. The number of nitriles is 1. The van der Waals surface area contributed by atoms with E-state index in [1.165, 1.54) is 36.4 Å². The first-order valence-corrected chi connectivity index (χ1v) is 38.6. The minimum atomic E-state index is -4.49. The lowest BCUT2D eigenvalue weighted by molar-refractivity contribution is -0.138. The number of hydrogen-bond acceptors (Lipinski definition) is 8. The fraction of sp³-hybridized carbons (Fsp3) is 0.362. The molecule has 0 radical (unpaired) electrons. The van der Waals surface area contributed by atoms with E-state index in [2.05, 4.69) is 85.6 Å². The second-order valence-corrected chi connectivity index (χ2v) is 35.4. The lowest BCUT2D eigenvalue weighted by Gasteiger charge is -2.30. The fourth-order valence-corrected chi connectivity index (χ4v) is 14.4. The van der Waals surface area contributed by atoms with E-state index in [-0.39, 0.29) is 85.7 Å². The number of rotatable bonds is 16. The average molecular weight is 1610 g/mol. The Morgan fingerprint density at radius 3 is 0.855 bits per heavy atom. The van der Waals surface area contributed by atoms with Gasteiger partial charge in [-0.2, -0.15) is 44.8 Å². The topological polar surface area (TPSA) is 211 Å². The number of halogens is 9. The minimum absolute atomic E-state index is 0.0929. The van der Waals surface area contributed by atoms with Crippen molar-refractivity contribution in [2.45, 2.75) is 217 Å². The van der Waals surface area contributed by atoms with Crippen LogP contribution in [0.2, 0.25) is 0 Å². The van der Waals surface area contributed by atoms with Crippen LogP contribution in [0, 0.1) is 11.3 Å². The number of benzene rings is 8. The predicted molar refractivity (Wildman–Crippen MR) is 433 cm³/mol. The highest BCUT2D eigenvalue weighted by Crippen LogP contribution is 2.39. The third-order valence-corrected chi connectivity index (χ3v) is 21.5. The van der Waals surface area contributed by atoms with Crippen LogP contribution < -0.4 is 31.9 Å². The van der Waals surface area contributed by atoms with Crippen molar-refractivity contribution in [2.24, 2.45) is 0 Å². The summed E-state index contributed by atoms with van der Waals surface area (Å²) < 4.78 is 118. The maximum absolute atomic E-state index is 13.8. The zero-order valence-electron chi connectivity index (χ0n) is 68.2. The van der Waals surface area contributed by atoms with Crippen LogP contribution in [0.15, 0.2) is 200 Å². The van der Waals surface area contributed by atoms with Gasteiger partial charge in [-0.1, -0.05) is 210 Å². The summed E-state index contributed by atoms with van der Waals surface area (Å²) in [4.78, 5) is 86.7. The van der Waals surface area contributed by atoms with E-state index in [1.807, 2.05) is 126 Å². The third kappa shape index (κ3) is 21.4. The Bertz CT molecular complexity index is 4900. The van der Waals surface area contributed by atoms with Crippen LogP contribution in [0.3, 0.4) is 0 Å². The van der Waals surface area contributed by atoms with Crippen LogP contribution in [0.25, 0.3) is 0 Å². The lowest BCUT2D eigenvalue weighted by Crippen LogP contribution is -2.59. The van der Waals surface area contributed by atoms with Gasteiger partial charge in [0.2, 0.25) is 17.7 Å². The molecule has 0 saturated heterocycles. The number of hydrogen-bond donors (Lipinski definition) is 6. The van der Waals surface area contributed by atoms with Crippen LogP contribution in [-0.2, 0) is 118 Å². The molecule has 0 spiro atoms. The van der Waals surface area contributed by atoms with Gasteiger partial charge in [0.15, 0.2) is 0 Å². The van der Waals surface area contributed by atoms with Crippen molar-refractivity contribution in [1.29, 1.82) is 5.26 Å². The van der Waals surface area contributed by atoms with E-state index in [4.69, 9.17) is 4.98 Å². The molecule has 3 aliphatic rings. The first kappa shape index (κ1) is 88.0. The molecule has 1 aromatic heterocycles. The van der Waals surface area contributed by atoms with Gasteiger partial charge in [-0.15, -0.1) is 0 Å². The number of amides is 6. The summed E-state index contributed by atoms with van der Waals surface area (Å²) in [5.41, 5.74) is 4.18. The Morgan fingerprint density at radius 1 is 0.325 bits per heavy atom. The number of alkyl halides is 9. The highest BCUT2D eigenvalue weighted by atomic mass is 19.4. The van der Waals surface area contributed by atoms with E-state index < -0.39 is 86.8 Å². The molecule has 14 nitrogen and oxygen atoms in total. The summed E-state index contributed by atoms with van der Waals surface area (Å²) in [6.45, 7) is 28.0. The molecule has 0 saturated carbocycles. The molecule has 614 valence electrons. The maximum atomic E-state index is 13.8. The molecule has 3 aliphatic carbocycles. The Labute approximate surface area is 677 Å². The second-order valence-electron chi connectivity index (χ2n) is 35.4. The quantitative estimate of drug-likeness (QED) is 0.0511. The van der Waals surface area contributed by atoms with Gasteiger partial charge >= 0.3 is 18.5 Å². The second kappa shape index (κ2) is 33.7. The van der Waals surface area contributed by atoms with Gasteiger partial charge in [0.05, 0.1) is 28.2 Å². The van der Waals surface area contributed by atoms with Gasteiger partial charge in [-0.3, -0.25) is 33.8 Å². The molecule has 12 rings (SSSR count). The summed E-state index contributed by atoms with van der Waals surface area (Å²) >= 11 is 0. The highest BCUT2D eigenvalue weighted by Gasteiger charge is 2.49. The van der Waals surface area contributed by atoms with E-state index in [9.17, 15) is 73.5 Å². The minimum Gasteiger partial charge on any atom is -0.350 e. The van der Waals surface area contributed by atoms with E-state index in [1.54, 1.807) is 50.2 Å². The summed E-state index contributed by atoms with van der Waals surface area (Å²) in [5.74, 6) is -2.58. The molecule has 1 heterocycles. The normalized spacial score (nSPS) is 14.8. The Hall–Kier alpha value is -11.4. The Morgan fingerprint density at radius 2 is 0.598 bits per heavy atom. The maximum Gasteiger partial charge on any atom is 0.416 e. The summed E-state index contributed by atoms with van der Waals surface area (Å²) in [7, 11) is 0. The summed E-state index contributed by atoms with van der Waals surface area (Å²) in [5, 5.41) is 26.7. The highest BCUT2D eigenvalue weighted by molar-refractivity contribution is 6.02. The van der Waals surface area contributed by atoms with Gasteiger partial charge in [-0.25, -0.2) is 0 Å². The SMILES string of the molecule is CC(C)(C#N)c1ccc(C(=O)NC2(C(=O)NCc3cccc(C(F)(F)F)c3)Cc3ccccc3C2)cc1.CC(C)(C)c1cc(C(=O)NC2(C(=O)NCc3cccc(C(F)(F)F)c3)Cc3ccccc3C2)cc(C(C)(C)C)c1.CC(C)(C)c1cc(C(=O)NC2(C(=O)NCc3cccc(C(F)(F)F)c3)Cc3ccccc3C2)cc(C(C)(C)C)n1. The molecule has 0 aliphatic heterocycles. The van der Waals surface area contributed by atoms with Gasteiger partial charge in [0.1, 0.15) is 16.6 Å². The first-order valence-electron chi connectivity index (χ1n) is 38.6. The van der Waals surface area contributed by atoms with Crippen molar-refractivity contribution in [2.75, 3.05) is 0 Å². The molecule has 6 N–H and O–H groups in total. The van der Waals surface area contributed by atoms with E-state index in [0.29, 0.717) is 33.4 Å². The van der Waals surface area contributed by atoms with Crippen molar-refractivity contribution in [3.8, 4) is 6.07 Å². The molecule has 0 bridgehead atoms. The third-order valence-electron chi connectivity index (χ3n) is 21.5. The number of pyridine rings is 1. The zero-order chi connectivity index (χ0) is 85.9. The van der Waals surface area contributed by atoms with Gasteiger partial charge in [-0.05, 0) is 164 Å². The monoisotopic (exact) mass is 1610 g/mol. The lowest BCUT2D eigenvalue weighted by atomic mass is 9.79. The number of carbonyl (C=O) groups excluding carboxylic acids is 6.